The van der Waals surface area contributed by atoms with Crippen LogP contribution in [0.2, 0.25) is 0 Å². The summed E-state index contributed by atoms with van der Waals surface area (Å²) in [7, 11) is 0. The van der Waals surface area contributed by atoms with Crippen molar-refractivity contribution in [3.63, 3.8) is 0 Å². The van der Waals surface area contributed by atoms with Crippen LogP contribution in [0, 0.1) is 17.8 Å². The highest BCUT2D eigenvalue weighted by Crippen LogP contribution is 2.28. The Morgan fingerprint density at radius 1 is 1.36 bits per heavy atom. The van der Waals surface area contributed by atoms with Gasteiger partial charge in [-0.25, -0.2) is 0 Å². The van der Waals surface area contributed by atoms with Crippen molar-refractivity contribution in [2.45, 2.75) is 71.8 Å². The van der Waals surface area contributed by atoms with Gasteiger partial charge in [0.1, 0.15) is 5.76 Å². The smallest absolute Gasteiger partial charge is 0.220 e. The molecule has 1 aromatic rings. The molecular weight excluding hydrogens is 274 g/mol. The van der Waals surface area contributed by atoms with E-state index in [-0.39, 0.29) is 5.91 Å². The molecule has 0 radical (unpaired) electrons. The molecule has 1 aromatic heterocycles. The average molecular weight is 305 g/mol. The highest BCUT2D eigenvalue weighted by atomic mass is 16.3. The molecule has 1 heterocycles. The van der Waals surface area contributed by atoms with Crippen LogP contribution in [0.4, 0.5) is 0 Å². The maximum Gasteiger partial charge on any atom is 0.220 e. The van der Waals surface area contributed by atoms with Crippen LogP contribution in [0.1, 0.15) is 65.1 Å². The molecule has 0 saturated heterocycles. The van der Waals surface area contributed by atoms with Crippen LogP contribution in [-0.2, 0) is 11.2 Å². The van der Waals surface area contributed by atoms with Crippen molar-refractivity contribution in [1.82, 2.24) is 5.32 Å². The first kappa shape index (κ1) is 17.1. The summed E-state index contributed by atoms with van der Waals surface area (Å²) >= 11 is 0. The number of furan rings is 1. The van der Waals surface area contributed by atoms with Gasteiger partial charge >= 0.3 is 0 Å². The first-order valence-corrected chi connectivity index (χ1v) is 8.91. The molecular formula is C19H31NO2. The summed E-state index contributed by atoms with van der Waals surface area (Å²) in [5.74, 6) is 2.85. The van der Waals surface area contributed by atoms with Crippen LogP contribution in [0.5, 0.6) is 0 Å². The van der Waals surface area contributed by atoms with Crippen molar-refractivity contribution in [2.75, 3.05) is 0 Å². The average Bonchev–Trinajstić information content (AvgIpc) is 2.99. The van der Waals surface area contributed by atoms with Crippen molar-refractivity contribution < 1.29 is 9.21 Å². The maximum absolute atomic E-state index is 12.4. The number of hydrogen-bond donors (Lipinski definition) is 1. The van der Waals surface area contributed by atoms with Crippen molar-refractivity contribution in [1.29, 1.82) is 0 Å². The molecule has 0 spiro atoms. The minimum absolute atomic E-state index is 0.233. The molecule has 1 aliphatic rings. The molecule has 22 heavy (non-hydrogen) atoms. The Hall–Kier alpha value is -1.25. The quantitative estimate of drug-likeness (QED) is 0.802. The normalized spacial score (nSPS) is 23.5. The van der Waals surface area contributed by atoms with Gasteiger partial charge in [-0.1, -0.05) is 40.0 Å². The van der Waals surface area contributed by atoms with Gasteiger partial charge in [0.25, 0.3) is 0 Å². The Balaban J connectivity index is 1.89. The van der Waals surface area contributed by atoms with Gasteiger partial charge in [0.05, 0.1) is 6.26 Å². The molecule has 1 fully saturated rings. The fourth-order valence-electron chi connectivity index (χ4n) is 3.68. The molecule has 3 heteroatoms. The topological polar surface area (TPSA) is 42.2 Å². The van der Waals surface area contributed by atoms with Crippen molar-refractivity contribution >= 4 is 5.91 Å². The number of carbonyl (C=O) groups is 1. The lowest BCUT2D eigenvalue weighted by Crippen LogP contribution is -2.43. The molecule has 3 nitrogen and oxygen atoms in total. The van der Waals surface area contributed by atoms with E-state index in [2.05, 4.69) is 26.1 Å². The largest absolute Gasteiger partial charge is 0.469 e. The Morgan fingerprint density at radius 2 is 2.14 bits per heavy atom. The molecule has 1 aliphatic carbocycles. The van der Waals surface area contributed by atoms with Crippen molar-refractivity contribution in [3.05, 3.63) is 24.2 Å². The lowest BCUT2D eigenvalue weighted by atomic mass is 9.81. The highest BCUT2D eigenvalue weighted by Gasteiger charge is 2.28. The number of nitrogens with one attached hydrogen (secondary N) is 1. The standard InChI is InChI=1S/C19H31NO2/c1-4-15(14(2)3)13-19(21)20-18-10-6-5-8-16(18)12-17-9-7-11-22-17/h7,9,11,14-16,18H,4-6,8,10,12-13H2,1-3H3,(H,20,21). The molecule has 2 rings (SSSR count). The fraction of sp³-hybridized carbons (Fsp3) is 0.737. The van der Waals surface area contributed by atoms with Gasteiger partial charge in [0.2, 0.25) is 5.91 Å². The predicted molar refractivity (Wildman–Crippen MR) is 89.5 cm³/mol. The Morgan fingerprint density at radius 3 is 2.77 bits per heavy atom. The van der Waals surface area contributed by atoms with Gasteiger partial charge in [-0.15, -0.1) is 0 Å². The molecule has 0 aliphatic heterocycles. The van der Waals surface area contributed by atoms with Gasteiger partial charge in [-0.05, 0) is 42.7 Å². The Kier molecular flexibility index (Phi) is 6.53. The number of rotatable bonds is 7. The van der Waals surface area contributed by atoms with Crippen molar-refractivity contribution in [2.24, 2.45) is 17.8 Å². The Bertz CT molecular complexity index is 438. The monoisotopic (exact) mass is 305 g/mol. The lowest BCUT2D eigenvalue weighted by molar-refractivity contribution is -0.123. The first-order chi connectivity index (χ1) is 10.6. The summed E-state index contributed by atoms with van der Waals surface area (Å²) in [5.41, 5.74) is 0. The molecule has 0 aromatic carbocycles. The molecule has 1 N–H and O–H groups in total. The predicted octanol–water partition coefficient (Wildman–Crippen LogP) is 4.57. The molecule has 0 bridgehead atoms. The van der Waals surface area contributed by atoms with Gasteiger partial charge in [-0.3, -0.25) is 4.79 Å². The summed E-state index contributed by atoms with van der Waals surface area (Å²) in [6.07, 6.45) is 9.20. The van der Waals surface area contributed by atoms with Crippen LogP contribution < -0.4 is 5.32 Å². The minimum Gasteiger partial charge on any atom is -0.469 e. The summed E-state index contributed by atoms with van der Waals surface area (Å²) in [5, 5.41) is 3.32. The summed E-state index contributed by atoms with van der Waals surface area (Å²) in [6, 6.07) is 4.30. The van der Waals surface area contributed by atoms with E-state index in [1.807, 2.05) is 12.1 Å². The van der Waals surface area contributed by atoms with Crippen LogP contribution >= 0.6 is 0 Å². The Labute approximate surface area is 134 Å². The zero-order chi connectivity index (χ0) is 15.9. The summed E-state index contributed by atoms with van der Waals surface area (Å²) in [4.78, 5) is 12.4. The van der Waals surface area contributed by atoms with E-state index in [4.69, 9.17) is 4.42 Å². The third-order valence-corrected chi connectivity index (χ3v) is 5.21. The van der Waals surface area contributed by atoms with E-state index < -0.39 is 0 Å². The van der Waals surface area contributed by atoms with Crippen molar-refractivity contribution in [3.8, 4) is 0 Å². The second-order valence-electron chi connectivity index (χ2n) is 7.12. The van der Waals surface area contributed by atoms with E-state index in [0.717, 1.165) is 25.0 Å². The number of carbonyl (C=O) groups excluding carboxylic acids is 1. The highest BCUT2D eigenvalue weighted by molar-refractivity contribution is 5.76. The lowest BCUT2D eigenvalue weighted by Gasteiger charge is -2.32. The molecule has 3 atom stereocenters. The van der Waals surface area contributed by atoms with Gasteiger partial charge in [0.15, 0.2) is 0 Å². The van der Waals surface area contributed by atoms with Crippen LogP contribution in [0.3, 0.4) is 0 Å². The van der Waals surface area contributed by atoms with Gasteiger partial charge in [0, 0.05) is 18.9 Å². The van der Waals surface area contributed by atoms with Crippen LogP contribution in [0.15, 0.2) is 22.8 Å². The van der Waals surface area contributed by atoms with E-state index in [9.17, 15) is 4.79 Å². The fourth-order valence-corrected chi connectivity index (χ4v) is 3.68. The molecule has 1 saturated carbocycles. The van der Waals surface area contributed by atoms with E-state index in [1.165, 1.54) is 19.3 Å². The number of hydrogen-bond acceptors (Lipinski definition) is 2. The second-order valence-corrected chi connectivity index (χ2v) is 7.12. The van der Waals surface area contributed by atoms with Crippen LogP contribution in [0.25, 0.3) is 0 Å². The summed E-state index contributed by atoms with van der Waals surface area (Å²) in [6.45, 7) is 6.60. The third kappa shape index (κ3) is 4.89. The second kappa shape index (κ2) is 8.40. The van der Waals surface area contributed by atoms with Gasteiger partial charge < -0.3 is 9.73 Å². The molecule has 124 valence electrons. The zero-order valence-electron chi connectivity index (χ0n) is 14.3. The van der Waals surface area contributed by atoms with E-state index in [0.29, 0.717) is 30.2 Å². The zero-order valence-corrected chi connectivity index (χ0v) is 14.3. The molecule has 3 unspecified atom stereocenters. The number of amides is 1. The van der Waals surface area contributed by atoms with Gasteiger partial charge in [-0.2, -0.15) is 0 Å². The first-order valence-electron chi connectivity index (χ1n) is 8.91. The van der Waals surface area contributed by atoms with E-state index in [1.54, 1.807) is 6.26 Å². The molecule has 1 amide bonds. The minimum atomic E-state index is 0.233. The maximum atomic E-state index is 12.4. The summed E-state index contributed by atoms with van der Waals surface area (Å²) < 4.78 is 5.49. The van der Waals surface area contributed by atoms with Crippen LogP contribution in [-0.4, -0.2) is 11.9 Å². The SMILES string of the molecule is CCC(CC(=O)NC1CCCCC1Cc1ccco1)C(C)C. The van der Waals surface area contributed by atoms with E-state index >= 15 is 0 Å². The third-order valence-electron chi connectivity index (χ3n) is 5.21.